The number of nitrogens with one attached hydrogen (secondary N) is 1. The lowest BCUT2D eigenvalue weighted by atomic mass is 10.2. The van der Waals surface area contributed by atoms with E-state index in [0.717, 1.165) is 24.2 Å². The molecule has 1 aliphatic rings. The van der Waals surface area contributed by atoms with Gasteiger partial charge in [-0.2, -0.15) is 0 Å². The van der Waals surface area contributed by atoms with Crippen LogP contribution in [0.15, 0.2) is 16.3 Å². The molecule has 0 radical (unpaired) electrons. The molecule has 1 fully saturated rings. The van der Waals surface area contributed by atoms with E-state index in [4.69, 9.17) is 5.11 Å². The molecule has 1 aromatic rings. The Bertz CT molecular complexity index is 546. The molecule has 1 saturated carbocycles. The summed E-state index contributed by atoms with van der Waals surface area (Å²) in [5, 5.41) is 19.9. The molecule has 1 aliphatic carbocycles. The Kier molecular flexibility index (Phi) is 3.71. The van der Waals surface area contributed by atoms with Crippen LogP contribution in [0.1, 0.15) is 22.5 Å². The molecule has 0 bridgehead atoms. The van der Waals surface area contributed by atoms with E-state index in [2.05, 4.69) is 4.72 Å². The standard InChI is InChI=1S/C10H13NO5S2/c12-7(6-1-2-6)5-11-18(15,16)8-3-4-17-9(8)10(13)14/h3-4,6-7,11-12H,1-2,5H2,(H,13,14). The Labute approximate surface area is 108 Å². The summed E-state index contributed by atoms with van der Waals surface area (Å²) in [6.45, 7) is -0.0814. The molecule has 100 valence electrons. The molecule has 1 heterocycles. The quantitative estimate of drug-likeness (QED) is 0.708. The van der Waals surface area contributed by atoms with Crippen molar-refractivity contribution in [3.63, 3.8) is 0 Å². The first-order chi connectivity index (χ1) is 8.42. The van der Waals surface area contributed by atoms with Crippen molar-refractivity contribution in [1.82, 2.24) is 4.72 Å². The number of aromatic carboxylic acids is 1. The normalized spacial score (nSPS) is 17.6. The second-order valence-electron chi connectivity index (χ2n) is 4.18. The van der Waals surface area contributed by atoms with Gasteiger partial charge in [0.25, 0.3) is 0 Å². The van der Waals surface area contributed by atoms with E-state index in [1.165, 1.54) is 11.4 Å². The average Bonchev–Trinajstić information content (AvgIpc) is 3.01. The number of carboxylic acid groups (broad SMARTS) is 1. The van der Waals surface area contributed by atoms with Gasteiger partial charge in [-0.05, 0) is 30.2 Å². The molecule has 6 nitrogen and oxygen atoms in total. The van der Waals surface area contributed by atoms with Gasteiger partial charge in [0.05, 0.1) is 6.10 Å². The van der Waals surface area contributed by atoms with Crippen molar-refractivity contribution < 1.29 is 23.4 Å². The van der Waals surface area contributed by atoms with Crippen LogP contribution < -0.4 is 4.72 Å². The van der Waals surface area contributed by atoms with E-state index >= 15 is 0 Å². The monoisotopic (exact) mass is 291 g/mol. The zero-order valence-corrected chi connectivity index (χ0v) is 11.0. The van der Waals surface area contributed by atoms with E-state index in [1.54, 1.807) is 0 Å². The molecule has 1 atom stereocenters. The van der Waals surface area contributed by atoms with E-state index in [0.29, 0.717) is 0 Å². The number of carboxylic acids is 1. The summed E-state index contributed by atoms with van der Waals surface area (Å²) < 4.78 is 26.0. The third-order valence-corrected chi connectivity index (χ3v) is 5.26. The highest BCUT2D eigenvalue weighted by Gasteiger charge is 2.31. The second-order valence-corrected chi connectivity index (χ2v) is 6.83. The molecule has 3 N–H and O–H groups in total. The highest BCUT2D eigenvalue weighted by atomic mass is 32.2. The molecule has 0 spiro atoms. The Morgan fingerprint density at radius 2 is 2.22 bits per heavy atom. The molecule has 8 heteroatoms. The fourth-order valence-corrected chi connectivity index (χ4v) is 3.89. The first-order valence-corrected chi connectivity index (χ1v) is 7.76. The maximum Gasteiger partial charge on any atom is 0.347 e. The van der Waals surface area contributed by atoms with Crippen LogP contribution in [0.3, 0.4) is 0 Å². The number of aliphatic hydroxyl groups excluding tert-OH is 1. The average molecular weight is 291 g/mol. The number of hydrogen-bond donors (Lipinski definition) is 3. The van der Waals surface area contributed by atoms with Crippen LogP contribution in [0.25, 0.3) is 0 Å². The van der Waals surface area contributed by atoms with E-state index in [-0.39, 0.29) is 22.2 Å². The minimum atomic E-state index is -3.87. The molecule has 0 aliphatic heterocycles. The number of thiophene rings is 1. The van der Waals surface area contributed by atoms with Crippen LogP contribution in [-0.4, -0.2) is 37.2 Å². The largest absolute Gasteiger partial charge is 0.477 e. The minimum Gasteiger partial charge on any atom is -0.477 e. The number of carbonyl (C=O) groups is 1. The maximum atomic E-state index is 11.9. The third-order valence-electron chi connectivity index (χ3n) is 2.76. The zero-order valence-electron chi connectivity index (χ0n) is 9.37. The fraction of sp³-hybridized carbons (Fsp3) is 0.500. The lowest BCUT2D eigenvalue weighted by molar-refractivity contribution is 0.0698. The fourth-order valence-electron chi connectivity index (χ4n) is 1.59. The molecule has 0 amide bonds. The Morgan fingerprint density at radius 3 is 2.78 bits per heavy atom. The summed E-state index contributed by atoms with van der Waals surface area (Å²) in [5.41, 5.74) is 0. The zero-order chi connectivity index (χ0) is 13.3. The third kappa shape index (κ3) is 2.89. The van der Waals surface area contributed by atoms with Crippen LogP contribution in [0.4, 0.5) is 0 Å². The molecule has 1 aromatic heterocycles. The predicted molar refractivity (Wildman–Crippen MR) is 65.2 cm³/mol. The summed E-state index contributed by atoms with van der Waals surface area (Å²) in [7, 11) is -3.87. The highest BCUT2D eigenvalue weighted by molar-refractivity contribution is 7.89. The van der Waals surface area contributed by atoms with Gasteiger partial charge < -0.3 is 10.2 Å². The van der Waals surface area contributed by atoms with Crippen molar-refractivity contribution >= 4 is 27.3 Å². The van der Waals surface area contributed by atoms with Gasteiger partial charge in [0.15, 0.2) is 0 Å². The number of hydrogen-bond acceptors (Lipinski definition) is 5. The van der Waals surface area contributed by atoms with Crippen LogP contribution in [0.2, 0.25) is 0 Å². The summed E-state index contributed by atoms with van der Waals surface area (Å²) in [6, 6.07) is 1.25. The van der Waals surface area contributed by atoms with Crippen LogP contribution in [0, 0.1) is 5.92 Å². The molecule has 0 saturated heterocycles. The van der Waals surface area contributed by atoms with Crippen LogP contribution in [-0.2, 0) is 10.0 Å². The SMILES string of the molecule is O=C(O)c1sccc1S(=O)(=O)NCC(O)C1CC1. The molecule has 1 unspecified atom stereocenters. The molecular formula is C10H13NO5S2. The second kappa shape index (κ2) is 4.96. The van der Waals surface area contributed by atoms with Gasteiger partial charge >= 0.3 is 5.97 Å². The van der Waals surface area contributed by atoms with Crippen molar-refractivity contribution in [2.75, 3.05) is 6.54 Å². The lowest BCUT2D eigenvalue weighted by Gasteiger charge is -2.10. The van der Waals surface area contributed by atoms with Crippen molar-refractivity contribution in [2.24, 2.45) is 5.92 Å². The number of rotatable bonds is 6. The highest BCUT2D eigenvalue weighted by Crippen LogP contribution is 2.32. The predicted octanol–water partition coefficient (Wildman–Crippen LogP) is 0.495. The maximum absolute atomic E-state index is 11.9. The Morgan fingerprint density at radius 1 is 1.56 bits per heavy atom. The van der Waals surface area contributed by atoms with Gasteiger partial charge in [-0.15, -0.1) is 11.3 Å². The van der Waals surface area contributed by atoms with Gasteiger partial charge in [-0.25, -0.2) is 17.9 Å². The van der Waals surface area contributed by atoms with Gasteiger partial charge in [-0.3, -0.25) is 0 Å². The van der Waals surface area contributed by atoms with Gasteiger partial charge in [-0.1, -0.05) is 0 Å². The van der Waals surface area contributed by atoms with Crippen LogP contribution in [0.5, 0.6) is 0 Å². The summed E-state index contributed by atoms with van der Waals surface area (Å²) in [4.78, 5) is 10.4. The van der Waals surface area contributed by atoms with Gasteiger partial charge in [0.2, 0.25) is 10.0 Å². The smallest absolute Gasteiger partial charge is 0.347 e. The van der Waals surface area contributed by atoms with Gasteiger partial charge in [0.1, 0.15) is 9.77 Å². The molecule has 18 heavy (non-hydrogen) atoms. The molecular weight excluding hydrogens is 278 g/mol. The molecule has 2 rings (SSSR count). The topological polar surface area (TPSA) is 104 Å². The van der Waals surface area contributed by atoms with E-state index in [9.17, 15) is 18.3 Å². The van der Waals surface area contributed by atoms with E-state index in [1.807, 2.05) is 0 Å². The van der Waals surface area contributed by atoms with Crippen molar-refractivity contribution in [2.45, 2.75) is 23.8 Å². The first kappa shape index (κ1) is 13.5. The molecule has 0 aromatic carbocycles. The van der Waals surface area contributed by atoms with Gasteiger partial charge in [0, 0.05) is 6.54 Å². The Balaban J connectivity index is 2.09. The minimum absolute atomic E-state index is 0.0814. The summed E-state index contributed by atoms with van der Waals surface area (Å²) in [5.74, 6) is -1.11. The van der Waals surface area contributed by atoms with Crippen LogP contribution >= 0.6 is 11.3 Å². The number of sulfonamides is 1. The van der Waals surface area contributed by atoms with Crippen molar-refractivity contribution in [3.8, 4) is 0 Å². The van der Waals surface area contributed by atoms with Crippen molar-refractivity contribution in [1.29, 1.82) is 0 Å². The van der Waals surface area contributed by atoms with Crippen molar-refractivity contribution in [3.05, 3.63) is 16.3 Å². The Hall–Kier alpha value is -0.960. The van der Waals surface area contributed by atoms with E-state index < -0.39 is 22.1 Å². The lowest BCUT2D eigenvalue weighted by Crippen LogP contribution is -2.33. The summed E-state index contributed by atoms with van der Waals surface area (Å²) in [6.07, 6.45) is 1.11. The summed E-state index contributed by atoms with van der Waals surface area (Å²) >= 11 is 0.856. The number of aliphatic hydroxyl groups is 1. The first-order valence-electron chi connectivity index (χ1n) is 5.40.